The summed E-state index contributed by atoms with van der Waals surface area (Å²) in [6.07, 6.45) is 5.43. The lowest BCUT2D eigenvalue weighted by atomic mass is 9.95. The van der Waals surface area contributed by atoms with Crippen molar-refractivity contribution in [2.75, 3.05) is 31.1 Å². The first-order chi connectivity index (χ1) is 10.3. The van der Waals surface area contributed by atoms with E-state index in [0.717, 1.165) is 43.4 Å². The van der Waals surface area contributed by atoms with Crippen LogP contribution in [-0.2, 0) is 6.54 Å². The third-order valence-corrected chi connectivity index (χ3v) is 4.99. The zero-order chi connectivity index (χ0) is 14.7. The molecular formula is C15H24N4OS. The molecule has 1 aliphatic heterocycles. The van der Waals surface area contributed by atoms with Crippen molar-refractivity contribution >= 4 is 22.1 Å². The Balaban J connectivity index is 1.85. The number of rotatable bonds is 6. The number of anilines is 1. The molecule has 0 bridgehead atoms. The highest BCUT2D eigenvalue weighted by Crippen LogP contribution is 2.29. The molecule has 21 heavy (non-hydrogen) atoms. The summed E-state index contributed by atoms with van der Waals surface area (Å²) >= 11 is 1.69. The van der Waals surface area contributed by atoms with E-state index in [4.69, 9.17) is 4.98 Å². The van der Waals surface area contributed by atoms with Gasteiger partial charge in [0.25, 0.3) is 0 Å². The maximum Gasteiger partial charge on any atom is 0.195 e. The van der Waals surface area contributed by atoms with Crippen LogP contribution in [0.25, 0.3) is 4.96 Å². The molecule has 2 N–H and O–H groups in total. The number of aliphatic hydroxyl groups excluding tert-OH is 1. The molecule has 5 nitrogen and oxygen atoms in total. The zero-order valence-electron chi connectivity index (χ0n) is 12.6. The Kier molecular flexibility index (Phi) is 4.77. The monoisotopic (exact) mass is 308 g/mol. The first kappa shape index (κ1) is 14.8. The molecule has 6 heteroatoms. The van der Waals surface area contributed by atoms with Gasteiger partial charge in [-0.1, -0.05) is 6.92 Å². The Morgan fingerprint density at radius 1 is 1.52 bits per heavy atom. The van der Waals surface area contributed by atoms with Gasteiger partial charge in [0, 0.05) is 37.8 Å². The van der Waals surface area contributed by atoms with Crippen LogP contribution in [0.2, 0.25) is 0 Å². The van der Waals surface area contributed by atoms with Gasteiger partial charge in [-0.25, -0.2) is 4.98 Å². The molecule has 1 unspecified atom stereocenters. The first-order valence-corrected chi connectivity index (χ1v) is 8.72. The highest BCUT2D eigenvalue weighted by atomic mass is 32.1. The maximum atomic E-state index is 9.18. The lowest BCUT2D eigenvalue weighted by molar-refractivity contribution is 0.244. The van der Waals surface area contributed by atoms with Gasteiger partial charge in [0.2, 0.25) is 0 Å². The second-order valence-corrected chi connectivity index (χ2v) is 6.56. The molecule has 0 spiro atoms. The molecule has 2 aromatic heterocycles. The molecule has 1 fully saturated rings. The molecule has 0 amide bonds. The van der Waals surface area contributed by atoms with E-state index in [2.05, 4.69) is 33.1 Å². The van der Waals surface area contributed by atoms with Crippen LogP contribution in [0.15, 0.2) is 11.6 Å². The van der Waals surface area contributed by atoms with Gasteiger partial charge >= 0.3 is 0 Å². The standard InChI is InChI=1S/C15H24N4OS/c1-2-16-10-13-14(17-15-19(13)7-9-21-15)18-6-3-4-12(11-18)5-8-20/h7,9,12,16,20H,2-6,8,10-11H2,1H3. The molecule has 116 valence electrons. The smallest absolute Gasteiger partial charge is 0.195 e. The number of piperidine rings is 1. The number of nitrogens with one attached hydrogen (secondary N) is 1. The fraction of sp³-hybridized carbons (Fsp3) is 0.667. The van der Waals surface area contributed by atoms with Crippen LogP contribution >= 0.6 is 11.3 Å². The van der Waals surface area contributed by atoms with Gasteiger partial charge < -0.3 is 15.3 Å². The number of thiazole rings is 1. The number of imidazole rings is 1. The molecule has 1 aliphatic rings. The fourth-order valence-electron chi connectivity index (χ4n) is 3.16. The van der Waals surface area contributed by atoms with Crippen molar-refractivity contribution in [3.05, 3.63) is 17.3 Å². The van der Waals surface area contributed by atoms with Crippen LogP contribution in [0.3, 0.4) is 0 Å². The van der Waals surface area contributed by atoms with Gasteiger partial charge in [0.1, 0.15) is 0 Å². The third-order valence-electron chi connectivity index (χ3n) is 4.24. The first-order valence-electron chi connectivity index (χ1n) is 7.84. The summed E-state index contributed by atoms with van der Waals surface area (Å²) in [4.78, 5) is 8.33. The summed E-state index contributed by atoms with van der Waals surface area (Å²) in [5.41, 5.74) is 1.26. The van der Waals surface area contributed by atoms with Crippen molar-refractivity contribution in [1.29, 1.82) is 0 Å². The van der Waals surface area contributed by atoms with E-state index >= 15 is 0 Å². The minimum Gasteiger partial charge on any atom is -0.396 e. The zero-order valence-corrected chi connectivity index (χ0v) is 13.4. The topological polar surface area (TPSA) is 52.8 Å². The summed E-state index contributed by atoms with van der Waals surface area (Å²) in [6.45, 7) is 6.33. The minimum absolute atomic E-state index is 0.293. The fourth-order valence-corrected chi connectivity index (χ4v) is 3.89. The van der Waals surface area contributed by atoms with Crippen LogP contribution in [0.1, 0.15) is 31.9 Å². The van der Waals surface area contributed by atoms with Crippen molar-refractivity contribution in [2.45, 2.75) is 32.7 Å². The largest absolute Gasteiger partial charge is 0.396 e. The second-order valence-electron chi connectivity index (χ2n) is 5.68. The number of aromatic nitrogens is 2. The van der Waals surface area contributed by atoms with Crippen molar-refractivity contribution in [1.82, 2.24) is 14.7 Å². The molecule has 0 saturated carbocycles. The van der Waals surface area contributed by atoms with Gasteiger partial charge in [-0.15, -0.1) is 11.3 Å². The molecule has 3 rings (SSSR count). The molecule has 0 aromatic carbocycles. The van der Waals surface area contributed by atoms with Crippen LogP contribution in [-0.4, -0.2) is 40.7 Å². The average Bonchev–Trinajstić information content (AvgIpc) is 3.07. The molecule has 1 saturated heterocycles. The van der Waals surface area contributed by atoms with Crippen molar-refractivity contribution in [2.24, 2.45) is 5.92 Å². The maximum absolute atomic E-state index is 9.18. The average molecular weight is 308 g/mol. The van der Waals surface area contributed by atoms with Crippen LogP contribution < -0.4 is 10.2 Å². The van der Waals surface area contributed by atoms with Gasteiger partial charge in [0.05, 0.1) is 5.69 Å². The molecule has 0 aliphatic carbocycles. The van der Waals surface area contributed by atoms with Crippen molar-refractivity contribution in [3.63, 3.8) is 0 Å². The van der Waals surface area contributed by atoms with Crippen LogP contribution in [0, 0.1) is 5.92 Å². The van der Waals surface area contributed by atoms with Crippen LogP contribution in [0.4, 0.5) is 5.82 Å². The SMILES string of the molecule is CCNCc1c(N2CCCC(CCO)C2)nc2sccn12. The van der Waals surface area contributed by atoms with Crippen molar-refractivity contribution in [3.8, 4) is 0 Å². The number of nitrogens with zero attached hydrogens (tertiary/aromatic N) is 3. The summed E-state index contributed by atoms with van der Waals surface area (Å²) in [6, 6.07) is 0. The summed E-state index contributed by atoms with van der Waals surface area (Å²) < 4.78 is 2.21. The van der Waals surface area contributed by atoms with E-state index in [0.29, 0.717) is 12.5 Å². The minimum atomic E-state index is 0.293. The van der Waals surface area contributed by atoms with Gasteiger partial charge in [0.15, 0.2) is 10.8 Å². The second kappa shape index (κ2) is 6.77. The van der Waals surface area contributed by atoms with E-state index < -0.39 is 0 Å². The Morgan fingerprint density at radius 3 is 3.24 bits per heavy atom. The lowest BCUT2D eigenvalue weighted by Gasteiger charge is -2.33. The number of hydrogen-bond acceptors (Lipinski definition) is 5. The highest BCUT2D eigenvalue weighted by Gasteiger charge is 2.24. The molecule has 1 atom stereocenters. The Labute approximate surface area is 129 Å². The summed E-state index contributed by atoms with van der Waals surface area (Å²) in [5, 5.41) is 14.7. The Bertz CT molecular complexity index is 577. The Morgan fingerprint density at radius 2 is 2.43 bits per heavy atom. The van der Waals surface area contributed by atoms with Gasteiger partial charge in [-0.2, -0.15) is 0 Å². The summed E-state index contributed by atoms with van der Waals surface area (Å²) in [7, 11) is 0. The lowest BCUT2D eigenvalue weighted by Crippen LogP contribution is -2.37. The van der Waals surface area contributed by atoms with E-state index in [9.17, 15) is 5.11 Å². The third kappa shape index (κ3) is 3.07. The molecule has 2 aromatic rings. The summed E-state index contributed by atoms with van der Waals surface area (Å²) in [5.74, 6) is 1.72. The van der Waals surface area contributed by atoms with E-state index in [1.807, 2.05) is 0 Å². The molecule has 3 heterocycles. The van der Waals surface area contributed by atoms with Gasteiger partial charge in [-0.3, -0.25) is 4.40 Å². The highest BCUT2D eigenvalue weighted by molar-refractivity contribution is 7.15. The number of fused-ring (bicyclic) bond motifs is 1. The quantitative estimate of drug-likeness (QED) is 0.858. The van der Waals surface area contributed by atoms with Crippen LogP contribution in [0.5, 0.6) is 0 Å². The van der Waals surface area contributed by atoms with E-state index in [-0.39, 0.29) is 0 Å². The van der Waals surface area contributed by atoms with Gasteiger partial charge in [-0.05, 0) is 31.7 Å². The number of hydrogen-bond donors (Lipinski definition) is 2. The predicted octanol–water partition coefficient (Wildman–Crippen LogP) is 2.10. The van der Waals surface area contributed by atoms with Crippen molar-refractivity contribution < 1.29 is 5.11 Å². The predicted molar refractivity (Wildman–Crippen MR) is 87.1 cm³/mol. The molecular weight excluding hydrogens is 284 g/mol. The van der Waals surface area contributed by atoms with E-state index in [1.165, 1.54) is 18.5 Å². The molecule has 0 radical (unpaired) electrons. The Hall–Kier alpha value is -1.11. The number of aliphatic hydroxyl groups is 1. The van der Waals surface area contributed by atoms with E-state index in [1.54, 1.807) is 11.3 Å². The normalized spacial score (nSPS) is 19.5.